The maximum atomic E-state index is 14.5. The van der Waals surface area contributed by atoms with E-state index in [1.54, 1.807) is 4.90 Å². The number of nitrogens with two attached hydrogens (primary N) is 1. The van der Waals surface area contributed by atoms with Gasteiger partial charge in [0.2, 0.25) is 11.8 Å². The standard InChI is InChI=1S/C40H50N2O4/c1-3-38(45,26-22-32-18-12-16-30-14-6-8-20-34(30)32)28-42(37(44)40(36(41)43)24-10-5-11-25-40)29-39(46,4-2)27-23-33-19-13-17-31-15-7-9-21-35(31)33/h6-9,12-21,45-46H,3-5,10-11,22-29H2,1-2H3,(H2,41,43). The summed E-state index contributed by atoms with van der Waals surface area (Å²) in [5.74, 6) is -0.956. The molecular formula is C40H50N2O4. The van der Waals surface area contributed by atoms with Gasteiger partial charge in [0.1, 0.15) is 5.41 Å². The van der Waals surface area contributed by atoms with Crippen LogP contribution in [0.15, 0.2) is 84.9 Å². The summed E-state index contributed by atoms with van der Waals surface area (Å²) in [5, 5.41) is 28.8. The van der Waals surface area contributed by atoms with Crippen molar-refractivity contribution in [1.82, 2.24) is 4.90 Å². The molecule has 0 heterocycles. The molecule has 0 radical (unpaired) electrons. The lowest BCUT2D eigenvalue weighted by Crippen LogP contribution is -2.59. The molecule has 2 amide bonds. The summed E-state index contributed by atoms with van der Waals surface area (Å²) >= 11 is 0. The van der Waals surface area contributed by atoms with Crippen molar-refractivity contribution < 1.29 is 19.8 Å². The Morgan fingerprint density at radius 3 is 1.57 bits per heavy atom. The Hall–Kier alpha value is -3.74. The molecule has 4 N–H and O–H groups in total. The van der Waals surface area contributed by atoms with Gasteiger partial charge < -0.3 is 20.8 Å². The van der Waals surface area contributed by atoms with Crippen molar-refractivity contribution in [2.75, 3.05) is 13.1 Å². The smallest absolute Gasteiger partial charge is 0.238 e. The molecule has 244 valence electrons. The maximum absolute atomic E-state index is 14.5. The van der Waals surface area contributed by atoms with E-state index in [9.17, 15) is 19.8 Å². The molecule has 0 spiro atoms. The fourth-order valence-corrected chi connectivity index (χ4v) is 7.42. The van der Waals surface area contributed by atoms with E-state index >= 15 is 0 Å². The van der Waals surface area contributed by atoms with Crippen molar-refractivity contribution in [3.8, 4) is 0 Å². The van der Waals surface area contributed by atoms with Crippen LogP contribution in [-0.4, -0.2) is 51.2 Å². The maximum Gasteiger partial charge on any atom is 0.238 e. The van der Waals surface area contributed by atoms with Gasteiger partial charge in [-0.05, 0) is 84.0 Å². The molecule has 4 aromatic carbocycles. The molecule has 6 nitrogen and oxygen atoms in total. The fourth-order valence-electron chi connectivity index (χ4n) is 7.42. The highest BCUT2D eigenvalue weighted by Gasteiger charge is 2.49. The molecule has 2 unspecified atom stereocenters. The Kier molecular flexibility index (Phi) is 10.5. The Balaban J connectivity index is 1.42. The summed E-state index contributed by atoms with van der Waals surface area (Å²) in [5.41, 5.74) is 4.53. The van der Waals surface area contributed by atoms with Gasteiger partial charge in [-0.25, -0.2) is 0 Å². The van der Waals surface area contributed by atoms with Crippen molar-refractivity contribution in [1.29, 1.82) is 0 Å². The minimum absolute atomic E-state index is 0.0265. The van der Waals surface area contributed by atoms with E-state index in [1.165, 1.54) is 0 Å². The Bertz CT molecular complexity index is 1550. The lowest BCUT2D eigenvalue weighted by atomic mass is 9.72. The zero-order chi connectivity index (χ0) is 32.8. The van der Waals surface area contributed by atoms with Gasteiger partial charge in [0.25, 0.3) is 0 Å². The number of primary amides is 1. The topological polar surface area (TPSA) is 104 Å². The van der Waals surface area contributed by atoms with Crippen LogP contribution < -0.4 is 5.73 Å². The second kappa shape index (κ2) is 14.4. The number of carbonyl (C=O) groups excluding carboxylic acids is 2. The van der Waals surface area contributed by atoms with Gasteiger partial charge >= 0.3 is 0 Å². The number of aliphatic hydroxyl groups is 2. The number of carbonyl (C=O) groups is 2. The van der Waals surface area contributed by atoms with Crippen LogP contribution in [0, 0.1) is 5.41 Å². The third-order valence-corrected chi connectivity index (χ3v) is 10.6. The number of amides is 2. The average molecular weight is 623 g/mol. The van der Waals surface area contributed by atoms with Crippen molar-refractivity contribution in [3.63, 3.8) is 0 Å². The average Bonchev–Trinajstić information content (AvgIpc) is 3.09. The highest BCUT2D eigenvalue weighted by molar-refractivity contribution is 6.04. The molecular weight excluding hydrogens is 572 g/mol. The number of nitrogens with zero attached hydrogens (tertiary/aromatic N) is 1. The summed E-state index contributed by atoms with van der Waals surface area (Å²) in [6.45, 7) is 3.92. The molecule has 0 saturated heterocycles. The van der Waals surface area contributed by atoms with Crippen LogP contribution in [0.25, 0.3) is 21.5 Å². The quantitative estimate of drug-likeness (QED) is 0.131. The fraction of sp³-hybridized carbons (Fsp3) is 0.450. The first-order valence-corrected chi connectivity index (χ1v) is 17.1. The van der Waals surface area contributed by atoms with Crippen molar-refractivity contribution in [2.45, 2.75) is 95.7 Å². The molecule has 5 rings (SSSR count). The summed E-state index contributed by atoms with van der Waals surface area (Å²) < 4.78 is 0. The molecule has 1 aliphatic carbocycles. The molecule has 1 aliphatic rings. The van der Waals surface area contributed by atoms with Crippen molar-refractivity contribution in [2.24, 2.45) is 11.1 Å². The second-order valence-electron chi connectivity index (χ2n) is 13.6. The molecule has 1 saturated carbocycles. The highest BCUT2D eigenvalue weighted by Crippen LogP contribution is 2.39. The van der Waals surface area contributed by atoms with Gasteiger partial charge in [-0.3, -0.25) is 9.59 Å². The van der Waals surface area contributed by atoms with Gasteiger partial charge in [-0.2, -0.15) is 0 Å². The minimum Gasteiger partial charge on any atom is -0.388 e. The first-order chi connectivity index (χ1) is 22.1. The number of fused-ring (bicyclic) bond motifs is 2. The largest absolute Gasteiger partial charge is 0.388 e. The summed E-state index contributed by atoms with van der Waals surface area (Å²) in [7, 11) is 0. The van der Waals surface area contributed by atoms with E-state index in [1.807, 2.05) is 50.2 Å². The molecule has 1 fully saturated rings. The Morgan fingerprint density at radius 2 is 1.13 bits per heavy atom. The van der Waals surface area contributed by atoms with Crippen molar-refractivity contribution >= 4 is 33.4 Å². The second-order valence-corrected chi connectivity index (χ2v) is 13.6. The minimum atomic E-state index is -1.31. The molecule has 0 aromatic heterocycles. The van der Waals surface area contributed by atoms with Crippen LogP contribution in [0.1, 0.15) is 82.8 Å². The van der Waals surface area contributed by atoms with E-state index in [4.69, 9.17) is 5.73 Å². The van der Waals surface area contributed by atoms with E-state index < -0.39 is 22.5 Å². The molecule has 6 heteroatoms. The summed E-state index contributed by atoms with van der Waals surface area (Å²) in [6.07, 6.45) is 6.24. The number of hydrogen-bond donors (Lipinski definition) is 3. The van der Waals surface area contributed by atoms with Crippen LogP contribution in [0.2, 0.25) is 0 Å². The van der Waals surface area contributed by atoms with Crippen LogP contribution in [0.5, 0.6) is 0 Å². The number of benzene rings is 4. The van der Waals surface area contributed by atoms with Gasteiger partial charge in [0, 0.05) is 13.1 Å². The normalized spacial score (nSPS) is 17.3. The van der Waals surface area contributed by atoms with E-state index in [0.29, 0.717) is 51.4 Å². The summed E-state index contributed by atoms with van der Waals surface area (Å²) in [6, 6.07) is 28.9. The first-order valence-electron chi connectivity index (χ1n) is 17.1. The van der Waals surface area contributed by atoms with E-state index in [0.717, 1.165) is 51.9 Å². The predicted octanol–water partition coefficient (Wildman–Crippen LogP) is 7.11. The van der Waals surface area contributed by atoms with Crippen LogP contribution in [0.3, 0.4) is 0 Å². The highest BCUT2D eigenvalue weighted by atomic mass is 16.3. The van der Waals surface area contributed by atoms with Crippen LogP contribution >= 0.6 is 0 Å². The van der Waals surface area contributed by atoms with Gasteiger partial charge in [0.05, 0.1) is 11.2 Å². The first kappa shape index (κ1) is 33.6. The zero-order valence-corrected chi connectivity index (χ0v) is 27.5. The van der Waals surface area contributed by atoms with Crippen LogP contribution in [-0.2, 0) is 22.4 Å². The molecule has 2 atom stereocenters. The van der Waals surface area contributed by atoms with Gasteiger partial charge in [-0.15, -0.1) is 0 Å². The van der Waals surface area contributed by atoms with E-state index in [-0.39, 0.29) is 19.0 Å². The number of hydrogen-bond acceptors (Lipinski definition) is 4. The monoisotopic (exact) mass is 622 g/mol. The SMILES string of the molecule is CCC(O)(CCc1cccc2ccccc12)CN(CC(O)(CC)CCc1cccc2ccccc12)C(=O)C1(C(N)=O)CCCCC1. The van der Waals surface area contributed by atoms with Crippen LogP contribution in [0.4, 0.5) is 0 Å². The molecule has 0 aliphatic heterocycles. The third kappa shape index (κ3) is 7.29. The summed E-state index contributed by atoms with van der Waals surface area (Å²) in [4.78, 5) is 29.2. The van der Waals surface area contributed by atoms with Gasteiger partial charge in [-0.1, -0.05) is 118 Å². The van der Waals surface area contributed by atoms with E-state index in [2.05, 4.69) is 48.5 Å². The van der Waals surface area contributed by atoms with Crippen molar-refractivity contribution in [3.05, 3.63) is 96.1 Å². The number of rotatable bonds is 14. The molecule has 4 aromatic rings. The zero-order valence-electron chi connectivity index (χ0n) is 27.5. The van der Waals surface area contributed by atoms with Gasteiger partial charge in [0.15, 0.2) is 0 Å². The predicted molar refractivity (Wildman–Crippen MR) is 186 cm³/mol. The molecule has 46 heavy (non-hydrogen) atoms. The third-order valence-electron chi connectivity index (χ3n) is 10.6. The lowest BCUT2D eigenvalue weighted by Gasteiger charge is -2.43. The lowest BCUT2D eigenvalue weighted by molar-refractivity contribution is -0.158. The number of aryl methyl sites for hydroxylation is 2. The Morgan fingerprint density at radius 1 is 0.696 bits per heavy atom. The molecule has 0 bridgehead atoms. The Labute approximate surface area is 273 Å².